The van der Waals surface area contributed by atoms with Crippen LogP contribution in [0.25, 0.3) is 0 Å². The molecule has 110 valence electrons. The summed E-state index contributed by atoms with van der Waals surface area (Å²) >= 11 is 0. The minimum Gasteiger partial charge on any atom is -0.378 e. The number of nitrogens with one attached hydrogen (secondary N) is 2. The van der Waals surface area contributed by atoms with Gasteiger partial charge in [0, 0.05) is 25.5 Å². The van der Waals surface area contributed by atoms with Crippen LogP contribution in [0.1, 0.15) is 0 Å². The highest BCUT2D eigenvalue weighted by atomic mass is 16.6. The first kappa shape index (κ1) is 14.5. The molecule has 0 aliphatic carbocycles. The van der Waals surface area contributed by atoms with E-state index < -0.39 is 4.92 Å². The van der Waals surface area contributed by atoms with Crippen LogP contribution in [0.2, 0.25) is 0 Å². The molecule has 0 aliphatic heterocycles. The van der Waals surface area contributed by atoms with Crippen molar-refractivity contribution in [3.8, 4) is 0 Å². The molecular weight excluding hydrogens is 272 g/mol. The van der Waals surface area contributed by atoms with Crippen LogP contribution < -0.4 is 21.5 Å². The molecule has 0 saturated heterocycles. The Bertz CT molecular complexity index is 642. The summed E-state index contributed by atoms with van der Waals surface area (Å²) in [6, 6.07) is 10.2. The van der Waals surface area contributed by atoms with Gasteiger partial charge in [0.2, 0.25) is 0 Å². The average molecular weight is 288 g/mol. The van der Waals surface area contributed by atoms with E-state index in [1.807, 2.05) is 43.3 Å². The second-order valence-corrected chi connectivity index (χ2v) is 4.56. The molecule has 4 N–H and O–H groups in total. The lowest BCUT2D eigenvalue weighted by Gasteiger charge is -2.13. The van der Waals surface area contributed by atoms with Crippen LogP contribution >= 0.6 is 0 Å². The average Bonchev–Trinajstić information content (AvgIpc) is 2.47. The highest BCUT2D eigenvalue weighted by molar-refractivity contribution is 5.64. The zero-order chi connectivity index (χ0) is 15.4. The lowest BCUT2D eigenvalue weighted by atomic mass is 10.2. The standard InChI is InChI=1S/C13H16N6O2/c1-18(2)10-5-3-9(4-6-10)15-12-7-11(19(20)21)8-13(16-12)17-14/h3-8H,14H2,1-2H3,(H2,15,16,17). The van der Waals surface area contributed by atoms with E-state index in [1.165, 1.54) is 12.1 Å². The minimum atomic E-state index is -0.497. The van der Waals surface area contributed by atoms with Crippen molar-refractivity contribution in [2.45, 2.75) is 0 Å². The highest BCUT2D eigenvalue weighted by Gasteiger charge is 2.11. The van der Waals surface area contributed by atoms with Crippen LogP contribution in [0.15, 0.2) is 36.4 Å². The van der Waals surface area contributed by atoms with Crippen molar-refractivity contribution in [2.75, 3.05) is 29.7 Å². The van der Waals surface area contributed by atoms with Crippen LogP contribution in [0.4, 0.5) is 28.7 Å². The van der Waals surface area contributed by atoms with Gasteiger partial charge in [-0.15, -0.1) is 0 Å². The number of nitrogen functional groups attached to an aromatic ring is 1. The van der Waals surface area contributed by atoms with Gasteiger partial charge >= 0.3 is 0 Å². The van der Waals surface area contributed by atoms with Crippen LogP contribution in [0.3, 0.4) is 0 Å². The molecular formula is C13H16N6O2. The lowest BCUT2D eigenvalue weighted by molar-refractivity contribution is -0.384. The largest absolute Gasteiger partial charge is 0.378 e. The number of nitrogens with two attached hydrogens (primary N) is 1. The van der Waals surface area contributed by atoms with Crippen molar-refractivity contribution in [1.82, 2.24) is 4.98 Å². The van der Waals surface area contributed by atoms with Crippen molar-refractivity contribution in [3.05, 3.63) is 46.5 Å². The van der Waals surface area contributed by atoms with Crippen LogP contribution in [0, 0.1) is 10.1 Å². The number of nitrogens with zero attached hydrogens (tertiary/aromatic N) is 3. The number of hydrogen-bond acceptors (Lipinski definition) is 7. The third kappa shape index (κ3) is 3.57. The van der Waals surface area contributed by atoms with Crippen molar-refractivity contribution in [1.29, 1.82) is 0 Å². The van der Waals surface area contributed by atoms with Gasteiger partial charge in [-0.2, -0.15) is 0 Å². The number of hydrazine groups is 1. The van der Waals surface area contributed by atoms with Gasteiger partial charge in [-0.1, -0.05) is 0 Å². The van der Waals surface area contributed by atoms with E-state index in [0.29, 0.717) is 5.82 Å². The molecule has 0 bridgehead atoms. The van der Waals surface area contributed by atoms with E-state index in [2.05, 4.69) is 15.7 Å². The quantitative estimate of drug-likeness (QED) is 0.439. The normalized spacial score (nSPS) is 10.0. The van der Waals surface area contributed by atoms with Crippen molar-refractivity contribution in [3.63, 3.8) is 0 Å². The van der Waals surface area contributed by atoms with Crippen molar-refractivity contribution in [2.24, 2.45) is 5.84 Å². The van der Waals surface area contributed by atoms with Gasteiger partial charge in [-0.05, 0) is 24.3 Å². The molecule has 8 heteroatoms. The topological polar surface area (TPSA) is 109 Å². The van der Waals surface area contributed by atoms with Crippen molar-refractivity contribution < 1.29 is 4.92 Å². The molecule has 8 nitrogen and oxygen atoms in total. The molecule has 0 radical (unpaired) electrons. The minimum absolute atomic E-state index is 0.0923. The number of rotatable bonds is 5. The fraction of sp³-hybridized carbons (Fsp3) is 0.154. The van der Waals surface area contributed by atoms with Gasteiger partial charge < -0.3 is 15.6 Å². The third-order valence-electron chi connectivity index (χ3n) is 2.82. The summed E-state index contributed by atoms with van der Waals surface area (Å²) in [7, 11) is 3.90. The fourth-order valence-electron chi connectivity index (χ4n) is 1.75. The number of nitro groups is 1. The van der Waals surface area contributed by atoms with E-state index in [0.717, 1.165) is 11.4 Å². The van der Waals surface area contributed by atoms with Gasteiger partial charge in [0.1, 0.15) is 11.6 Å². The monoisotopic (exact) mass is 288 g/mol. The number of pyridine rings is 1. The predicted molar refractivity (Wildman–Crippen MR) is 82.8 cm³/mol. The first-order valence-corrected chi connectivity index (χ1v) is 6.17. The Morgan fingerprint density at radius 3 is 2.33 bits per heavy atom. The first-order chi connectivity index (χ1) is 9.99. The van der Waals surface area contributed by atoms with E-state index >= 15 is 0 Å². The zero-order valence-electron chi connectivity index (χ0n) is 11.7. The molecule has 1 aromatic carbocycles. The highest BCUT2D eigenvalue weighted by Crippen LogP contribution is 2.24. The molecule has 0 fully saturated rings. The molecule has 0 atom stereocenters. The Hall–Kier alpha value is -2.87. The Balaban J connectivity index is 2.26. The molecule has 0 unspecified atom stereocenters. The predicted octanol–water partition coefficient (Wildman–Crippen LogP) is 2.08. The van der Waals surface area contributed by atoms with E-state index in [9.17, 15) is 10.1 Å². The summed E-state index contributed by atoms with van der Waals surface area (Å²) in [5.74, 6) is 5.83. The molecule has 2 aromatic rings. The second kappa shape index (κ2) is 6.06. The zero-order valence-corrected chi connectivity index (χ0v) is 11.7. The molecule has 0 spiro atoms. The van der Waals surface area contributed by atoms with E-state index in [-0.39, 0.29) is 11.5 Å². The molecule has 21 heavy (non-hydrogen) atoms. The second-order valence-electron chi connectivity index (χ2n) is 4.56. The summed E-state index contributed by atoms with van der Waals surface area (Å²) in [6.07, 6.45) is 0. The number of benzene rings is 1. The molecule has 1 heterocycles. The van der Waals surface area contributed by atoms with Gasteiger partial charge in [-0.3, -0.25) is 10.1 Å². The maximum absolute atomic E-state index is 10.9. The fourth-order valence-corrected chi connectivity index (χ4v) is 1.75. The smallest absolute Gasteiger partial charge is 0.276 e. The molecule has 0 amide bonds. The molecule has 2 rings (SSSR count). The Morgan fingerprint density at radius 1 is 1.19 bits per heavy atom. The summed E-state index contributed by atoms with van der Waals surface area (Å²) in [6.45, 7) is 0. The van der Waals surface area contributed by atoms with E-state index in [4.69, 9.17) is 5.84 Å². The molecule has 1 aromatic heterocycles. The number of hydrogen-bond donors (Lipinski definition) is 3. The van der Waals surface area contributed by atoms with Gasteiger partial charge in [0.15, 0.2) is 0 Å². The lowest BCUT2D eigenvalue weighted by Crippen LogP contribution is -2.10. The maximum atomic E-state index is 10.9. The Morgan fingerprint density at radius 2 is 1.81 bits per heavy atom. The summed E-state index contributed by atoms with van der Waals surface area (Å²) in [4.78, 5) is 16.5. The first-order valence-electron chi connectivity index (χ1n) is 6.17. The van der Waals surface area contributed by atoms with Crippen LogP contribution in [-0.4, -0.2) is 24.0 Å². The van der Waals surface area contributed by atoms with E-state index in [1.54, 1.807) is 0 Å². The summed E-state index contributed by atoms with van der Waals surface area (Å²) < 4.78 is 0. The number of aromatic nitrogens is 1. The number of anilines is 4. The summed E-state index contributed by atoms with van der Waals surface area (Å²) in [5, 5.41) is 13.9. The maximum Gasteiger partial charge on any atom is 0.276 e. The van der Waals surface area contributed by atoms with Crippen LogP contribution in [0.5, 0.6) is 0 Å². The van der Waals surface area contributed by atoms with Gasteiger partial charge in [0.25, 0.3) is 5.69 Å². The summed E-state index contributed by atoms with van der Waals surface area (Å²) in [5.41, 5.74) is 4.05. The van der Waals surface area contributed by atoms with Gasteiger partial charge in [0.05, 0.1) is 17.1 Å². The van der Waals surface area contributed by atoms with Crippen molar-refractivity contribution >= 4 is 28.7 Å². The van der Waals surface area contributed by atoms with Gasteiger partial charge in [-0.25, -0.2) is 10.8 Å². The third-order valence-corrected chi connectivity index (χ3v) is 2.82. The SMILES string of the molecule is CN(C)c1ccc(Nc2cc([N+](=O)[O-])cc(NN)n2)cc1. The Kier molecular flexibility index (Phi) is 4.19. The molecule has 0 saturated carbocycles. The Labute approximate surface area is 121 Å². The molecule has 0 aliphatic rings. The van der Waals surface area contributed by atoms with Crippen LogP contribution in [-0.2, 0) is 0 Å².